The molecule has 0 radical (unpaired) electrons. The second-order valence-electron chi connectivity index (χ2n) is 5.52. The van der Waals surface area contributed by atoms with Crippen molar-refractivity contribution >= 4 is 11.8 Å². The summed E-state index contributed by atoms with van der Waals surface area (Å²) in [7, 11) is 0. The molecule has 1 atom stereocenters. The van der Waals surface area contributed by atoms with Crippen LogP contribution in [0.1, 0.15) is 36.0 Å². The van der Waals surface area contributed by atoms with Crippen LogP contribution in [0.3, 0.4) is 0 Å². The van der Waals surface area contributed by atoms with E-state index in [0.29, 0.717) is 29.9 Å². The Labute approximate surface area is 135 Å². The second kappa shape index (κ2) is 7.09. The number of Topliss-reactive ketones (excluding diaryl/α,β-unsaturated/α-hetero) is 1. The van der Waals surface area contributed by atoms with E-state index in [-0.39, 0.29) is 5.78 Å². The van der Waals surface area contributed by atoms with Gasteiger partial charge in [-0.3, -0.25) is 4.79 Å². The summed E-state index contributed by atoms with van der Waals surface area (Å²) in [6, 6.07) is 16.1. The molecule has 0 N–H and O–H groups in total. The van der Waals surface area contributed by atoms with Crippen LogP contribution in [0.15, 0.2) is 54.6 Å². The molecule has 4 nitrogen and oxygen atoms in total. The number of carbonyl (C=O) groups is 2. The molecule has 0 heterocycles. The number of carbonyl (C=O) groups excluding carboxylic acids is 2. The third-order valence-electron chi connectivity index (χ3n) is 3.83. The van der Waals surface area contributed by atoms with Gasteiger partial charge in [-0.25, -0.2) is 4.79 Å². The van der Waals surface area contributed by atoms with Crippen LogP contribution < -0.4 is 4.74 Å². The molecule has 3 rings (SSSR count). The zero-order chi connectivity index (χ0) is 16.1. The van der Waals surface area contributed by atoms with E-state index in [1.807, 2.05) is 30.3 Å². The Bertz CT molecular complexity index is 694. The number of para-hydroxylation sites is 2. The van der Waals surface area contributed by atoms with Gasteiger partial charge in [0, 0.05) is 6.42 Å². The zero-order valence-electron chi connectivity index (χ0n) is 12.7. The largest absolute Gasteiger partial charge is 0.456 e. The highest BCUT2D eigenvalue weighted by molar-refractivity contribution is 5.95. The maximum absolute atomic E-state index is 12.4. The SMILES string of the molecule is O=C(O[C@@H]1CCCCC1=O)c1ccccc1Oc1ccccc1. The van der Waals surface area contributed by atoms with Gasteiger partial charge in [0.05, 0.1) is 0 Å². The zero-order valence-corrected chi connectivity index (χ0v) is 12.7. The lowest BCUT2D eigenvalue weighted by Crippen LogP contribution is -2.30. The number of hydrogen-bond donors (Lipinski definition) is 0. The molecule has 2 aromatic rings. The minimum absolute atomic E-state index is 0.00561. The summed E-state index contributed by atoms with van der Waals surface area (Å²) in [5.41, 5.74) is 0.328. The molecular formula is C19H18O4. The van der Waals surface area contributed by atoms with Crippen molar-refractivity contribution in [1.29, 1.82) is 0 Å². The van der Waals surface area contributed by atoms with Gasteiger partial charge in [0.1, 0.15) is 17.1 Å². The average molecular weight is 310 g/mol. The van der Waals surface area contributed by atoms with E-state index >= 15 is 0 Å². The number of esters is 1. The molecule has 0 aliphatic heterocycles. The third-order valence-corrected chi connectivity index (χ3v) is 3.83. The molecule has 118 valence electrons. The van der Waals surface area contributed by atoms with Gasteiger partial charge in [-0.15, -0.1) is 0 Å². The first-order valence-corrected chi connectivity index (χ1v) is 7.79. The molecule has 23 heavy (non-hydrogen) atoms. The number of hydrogen-bond acceptors (Lipinski definition) is 4. The predicted octanol–water partition coefficient (Wildman–Crippen LogP) is 4.15. The number of benzene rings is 2. The smallest absolute Gasteiger partial charge is 0.342 e. The topological polar surface area (TPSA) is 52.6 Å². The number of rotatable bonds is 4. The van der Waals surface area contributed by atoms with Crippen LogP contribution in [0, 0.1) is 0 Å². The van der Waals surface area contributed by atoms with Crippen LogP contribution in [0.2, 0.25) is 0 Å². The monoisotopic (exact) mass is 310 g/mol. The highest BCUT2D eigenvalue weighted by Gasteiger charge is 2.27. The molecule has 0 saturated heterocycles. The van der Waals surface area contributed by atoms with Crippen molar-refractivity contribution in [3.8, 4) is 11.5 Å². The Hall–Kier alpha value is -2.62. The first-order chi connectivity index (χ1) is 11.2. The van der Waals surface area contributed by atoms with Gasteiger partial charge < -0.3 is 9.47 Å². The molecule has 0 amide bonds. The Morgan fingerprint density at radius 3 is 2.48 bits per heavy atom. The standard InChI is InChI=1S/C19H18O4/c20-16-11-5-7-13-18(16)23-19(21)15-10-4-6-12-17(15)22-14-8-2-1-3-9-14/h1-4,6,8-10,12,18H,5,7,11,13H2/t18-/m1/s1. The summed E-state index contributed by atoms with van der Waals surface area (Å²) in [6.07, 6.45) is 2.25. The molecule has 2 aromatic carbocycles. The quantitative estimate of drug-likeness (QED) is 0.796. The van der Waals surface area contributed by atoms with Gasteiger partial charge in [0.15, 0.2) is 11.9 Å². The van der Waals surface area contributed by atoms with Gasteiger partial charge in [0.2, 0.25) is 0 Å². The first kappa shape index (κ1) is 15.3. The van der Waals surface area contributed by atoms with Crippen molar-refractivity contribution in [2.75, 3.05) is 0 Å². The van der Waals surface area contributed by atoms with E-state index in [9.17, 15) is 9.59 Å². The van der Waals surface area contributed by atoms with Crippen molar-refractivity contribution < 1.29 is 19.1 Å². The molecule has 0 unspecified atom stereocenters. The fourth-order valence-corrected chi connectivity index (χ4v) is 2.61. The van der Waals surface area contributed by atoms with Crippen molar-refractivity contribution in [2.24, 2.45) is 0 Å². The van der Waals surface area contributed by atoms with E-state index < -0.39 is 12.1 Å². The lowest BCUT2D eigenvalue weighted by atomic mass is 9.96. The van der Waals surface area contributed by atoms with Crippen LogP contribution >= 0.6 is 0 Å². The van der Waals surface area contributed by atoms with Crippen LogP contribution in [-0.4, -0.2) is 17.9 Å². The molecular weight excluding hydrogens is 292 g/mol. The molecule has 0 spiro atoms. The summed E-state index contributed by atoms with van der Waals surface area (Å²) in [6.45, 7) is 0. The Morgan fingerprint density at radius 1 is 0.957 bits per heavy atom. The fraction of sp³-hybridized carbons (Fsp3) is 0.263. The summed E-state index contributed by atoms with van der Waals surface area (Å²) in [4.78, 5) is 24.2. The number of ether oxygens (including phenoxy) is 2. The summed E-state index contributed by atoms with van der Waals surface area (Å²) < 4.78 is 11.2. The molecule has 1 aliphatic carbocycles. The molecule has 4 heteroatoms. The summed E-state index contributed by atoms with van der Waals surface area (Å²) in [5.74, 6) is 0.552. The molecule has 0 aromatic heterocycles. The lowest BCUT2D eigenvalue weighted by molar-refractivity contribution is -0.129. The van der Waals surface area contributed by atoms with Gasteiger partial charge in [-0.1, -0.05) is 30.3 Å². The number of ketones is 1. The summed E-state index contributed by atoms with van der Waals surface area (Å²) in [5, 5.41) is 0. The first-order valence-electron chi connectivity index (χ1n) is 7.79. The lowest BCUT2D eigenvalue weighted by Gasteiger charge is -2.21. The van der Waals surface area contributed by atoms with Crippen molar-refractivity contribution in [2.45, 2.75) is 31.8 Å². The van der Waals surface area contributed by atoms with Crippen molar-refractivity contribution in [3.05, 3.63) is 60.2 Å². The van der Waals surface area contributed by atoms with Crippen LogP contribution in [-0.2, 0) is 9.53 Å². The Morgan fingerprint density at radius 2 is 1.70 bits per heavy atom. The van der Waals surface area contributed by atoms with Gasteiger partial charge in [-0.05, 0) is 43.5 Å². The predicted molar refractivity (Wildman–Crippen MR) is 85.6 cm³/mol. The molecule has 1 saturated carbocycles. The van der Waals surface area contributed by atoms with Crippen LogP contribution in [0.25, 0.3) is 0 Å². The van der Waals surface area contributed by atoms with E-state index in [2.05, 4.69) is 0 Å². The minimum atomic E-state index is -0.624. The minimum Gasteiger partial charge on any atom is -0.456 e. The fourth-order valence-electron chi connectivity index (χ4n) is 2.61. The summed E-state index contributed by atoms with van der Waals surface area (Å²) >= 11 is 0. The van der Waals surface area contributed by atoms with Gasteiger partial charge in [-0.2, -0.15) is 0 Å². The van der Waals surface area contributed by atoms with Gasteiger partial charge >= 0.3 is 5.97 Å². The van der Waals surface area contributed by atoms with Crippen LogP contribution in [0.5, 0.6) is 11.5 Å². The Kier molecular flexibility index (Phi) is 4.71. The molecule has 1 fully saturated rings. The second-order valence-corrected chi connectivity index (χ2v) is 5.52. The van der Waals surface area contributed by atoms with Crippen molar-refractivity contribution in [1.82, 2.24) is 0 Å². The third kappa shape index (κ3) is 3.77. The van der Waals surface area contributed by atoms with E-state index in [4.69, 9.17) is 9.47 Å². The highest BCUT2D eigenvalue weighted by atomic mass is 16.5. The molecule has 1 aliphatic rings. The highest BCUT2D eigenvalue weighted by Crippen LogP contribution is 2.27. The van der Waals surface area contributed by atoms with Crippen molar-refractivity contribution in [3.63, 3.8) is 0 Å². The average Bonchev–Trinajstić information content (AvgIpc) is 2.58. The Balaban J connectivity index is 1.76. The maximum atomic E-state index is 12.4. The maximum Gasteiger partial charge on any atom is 0.342 e. The van der Waals surface area contributed by atoms with Crippen LogP contribution in [0.4, 0.5) is 0 Å². The molecule has 0 bridgehead atoms. The van der Waals surface area contributed by atoms with E-state index in [0.717, 1.165) is 12.8 Å². The van der Waals surface area contributed by atoms with E-state index in [1.165, 1.54) is 0 Å². The van der Waals surface area contributed by atoms with Gasteiger partial charge in [0.25, 0.3) is 0 Å². The van der Waals surface area contributed by atoms with E-state index in [1.54, 1.807) is 24.3 Å². The normalized spacial score (nSPS) is 17.6.